The number of hydrogen-bond acceptors (Lipinski definition) is 5. The van der Waals surface area contributed by atoms with Gasteiger partial charge in [0.15, 0.2) is 0 Å². The van der Waals surface area contributed by atoms with Crippen molar-refractivity contribution < 1.29 is 4.79 Å². The van der Waals surface area contributed by atoms with Gasteiger partial charge in [-0.05, 0) is 25.3 Å². The summed E-state index contributed by atoms with van der Waals surface area (Å²) in [6, 6.07) is 0. The van der Waals surface area contributed by atoms with Crippen LogP contribution in [0.15, 0.2) is 18.6 Å². The minimum atomic E-state index is -0.210. The summed E-state index contributed by atoms with van der Waals surface area (Å²) in [6.07, 6.45) is 6.57. The molecule has 0 aliphatic rings. The van der Waals surface area contributed by atoms with Crippen molar-refractivity contribution >= 4 is 11.7 Å². The SMILES string of the molecule is CNc1cncc(C(=O)NCCCc2cn[nH]c2C)n1. The fourth-order valence-electron chi connectivity index (χ4n) is 1.79. The Bertz CT molecular complexity index is 580. The van der Waals surface area contributed by atoms with Gasteiger partial charge in [-0.2, -0.15) is 5.10 Å². The Hall–Kier alpha value is -2.44. The number of amides is 1. The lowest BCUT2D eigenvalue weighted by Crippen LogP contribution is -2.26. The largest absolute Gasteiger partial charge is 0.372 e. The average Bonchev–Trinajstić information content (AvgIpc) is 2.89. The molecule has 106 valence electrons. The van der Waals surface area contributed by atoms with Crippen molar-refractivity contribution in [2.75, 3.05) is 18.9 Å². The molecule has 7 nitrogen and oxygen atoms in total. The summed E-state index contributed by atoms with van der Waals surface area (Å²) >= 11 is 0. The minimum absolute atomic E-state index is 0.210. The second-order valence-corrected chi connectivity index (χ2v) is 4.42. The van der Waals surface area contributed by atoms with Gasteiger partial charge in [-0.3, -0.25) is 14.9 Å². The lowest BCUT2D eigenvalue weighted by atomic mass is 10.1. The Kier molecular flexibility index (Phi) is 4.65. The summed E-state index contributed by atoms with van der Waals surface area (Å²) in [4.78, 5) is 20.0. The first-order chi connectivity index (χ1) is 9.70. The molecule has 1 amide bonds. The fraction of sp³-hybridized carbons (Fsp3) is 0.385. The van der Waals surface area contributed by atoms with Crippen LogP contribution >= 0.6 is 0 Å². The predicted molar refractivity (Wildman–Crippen MR) is 75.6 cm³/mol. The van der Waals surface area contributed by atoms with Gasteiger partial charge in [0.1, 0.15) is 11.5 Å². The molecule has 0 aromatic carbocycles. The molecule has 2 aromatic heterocycles. The highest BCUT2D eigenvalue weighted by molar-refractivity contribution is 5.92. The standard InChI is InChI=1S/C13H18N6O/c1-9-10(6-17-19-9)4-3-5-16-13(20)11-7-15-8-12(14-2)18-11/h6-8H,3-5H2,1-2H3,(H,14,18)(H,16,20)(H,17,19). The van der Waals surface area contributed by atoms with E-state index in [1.165, 1.54) is 11.8 Å². The van der Waals surface area contributed by atoms with Crippen LogP contribution in [-0.2, 0) is 6.42 Å². The van der Waals surface area contributed by atoms with Crippen molar-refractivity contribution in [3.8, 4) is 0 Å². The molecule has 0 saturated carbocycles. The van der Waals surface area contributed by atoms with Gasteiger partial charge in [-0.25, -0.2) is 4.98 Å². The van der Waals surface area contributed by atoms with E-state index >= 15 is 0 Å². The summed E-state index contributed by atoms with van der Waals surface area (Å²) < 4.78 is 0. The summed E-state index contributed by atoms with van der Waals surface area (Å²) in [5.41, 5.74) is 2.57. The van der Waals surface area contributed by atoms with Crippen molar-refractivity contribution in [2.24, 2.45) is 0 Å². The summed E-state index contributed by atoms with van der Waals surface area (Å²) in [7, 11) is 1.74. The quantitative estimate of drug-likeness (QED) is 0.681. The van der Waals surface area contributed by atoms with E-state index in [0.717, 1.165) is 18.5 Å². The summed E-state index contributed by atoms with van der Waals surface area (Å²) in [6.45, 7) is 2.58. The highest BCUT2D eigenvalue weighted by atomic mass is 16.1. The Labute approximate surface area is 117 Å². The number of hydrogen-bond donors (Lipinski definition) is 3. The van der Waals surface area contributed by atoms with Gasteiger partial charge in [-0.15, -0.1) is 0 Å². The van der Waals surface area contributed by atoms with Crippen molar-refractivity contribution in [1.29, 1.82) is 0 Å². The van der Waals surface area contributed by atoms with E-state index in [-0.39, 0.29) is 5.91 Å². The molecule has 2 rings (SSSR count). The van der Waals surface area contributed by atoms with Crippen molar-refractivity contribution in [2.45, 2.75) is 19.8 Å². The molecule has 0 radical (unpaired) electrons. The van der Waals surface area contributed by atoms with Crippen molar-refractivity contribution in [3.63, 3.8) is 0 Å². The topological polar surface area (TPSA) is 95.6 Å². The smallest absolute Gasteiger partial charge is 0.271 e. The monoisotopic (exact) mass is 274 g/mol. The Balaban J connectivity index is 1.79. The van der Waals surface area contributed by atoms with Gasteiger partial charge < -0.3 is 10.6 Å². The molecule has 0 bridgehead atoms. The molecule has 7 heteroatoms. The normalized spacial score (nSPS) is 10.3. The van der Waals surface area contributed by atoms with Crippen LogP contribution in [0.25, 0.3) is 0 Å². The first kappa shape index (κ1) is 14.0. The van der Waals surface area contributed by atoms with E-state index in [9.17, 15) is 4.79 Å². The van der Waals surface area contributed by atoms with Gasteiger partial charge in [0.25, 0.3) is 5.91 Å². The van der Waals surface area contributed by atoms with Gasteiger partial charge in [0.2, 0.25) is 0 Å². The number of aryl methyl sites for hydroxylation is 2. The maximum absolute atomic E-state index is 11.9. The minimum Gasteiger partial charge on any atom is -0.372 e. The number of aromatic nitrogens is 4. The second kappa shape index (κ2) is 6.65. The van der Waals surface area contributed by atoms with Crippen LogP contribution in [0.5, 0.6) is 0 Å². The number of H-pyrrole nitrogens is 1. The molecule has 20 heavy (non-hydrogen) atoms. The number of aromatic amines is 1. The summed E-state index contributed by atoms with van der Waals surface area (Å²) in [5.74, 6) is 0.366. The van der Waals surface area contributed by atoms with Crippen molar-refractivity contribution in [3.05, 3.63) is 35.5 Å². The van der Waals surface area contributed by atoms with E-state index in [4.69, 9.17) is 0 Å². The van der Waals surface area contributed by atoms with Gasteiger partial charge in [0, 0.05) is 19.3 Å². The van der Waals surface area contributed by atoms with Gasteiger partial charge in [0.05, 0.1) is 18.6 Å². The Morgan fingerprint density at radius 3 is 2.90 bits per heavy atom. The molecule has 3 N–H and O–H groups in total. The van der Waals surface area contributed by atoms with Crippen LogP contribution in [-0.4, -0.2) is 39.7 Å². The number of rotatable bonds is 6. The molecule has 0 aliphatic heterocycles. The third kappa shape index (κ3) is 3.53. The Morgan fingerprint density at radius 2 is 2.20 bits per heavy atom. The molecule has 0 fully saturated rings. The fourth-order valence-corrected chi connectivity index (χ4v) is 1.79. The predicted octanol–water partition coefficient (Wildman–Crippen LogP) is 0.912. The molecule has 0 unspecified atom stereocenters. The molecule has 0 atom stereocenters. The third-order valence-electron chi connectivity index (χ3n) is 2.97. The highest BCUT2D eigenvalue weighted by Crippen LogP contribution is 2.05. The number of carbonyl (C=O) groups is 1. The third-order valence-corrected chi connectivity index (χ3v) is 2.97. The van der Waals surface area contributed by atoms with Crippen LogP contribution in [0.2, 0.25) is 0 Å². The van der Waals surface area contributed by atoms with Crippen LogP contribution in [0, 0.1) is 6.92 Å². The van der Waals surface area contributed by atoms with E-state index in [1.54, 1.807) is 13.2 Å². The van der Waals surface area contributed by atoms with Crippen LogP contribution in [0.4, 0.5) is 5.82 Å². The number of nitrogens with one attached hydrogen (secondary N) is 3. The molecule has 0 aliphatic carbocycles. The molecular formula is C13H18N6O. The average molecular weight is 274 g/mol. The second-order valence-electron chi connectivity index (χ2n) is 4.42. The zero-order chi connectivity index (χ0) is 14.4. The maximum atomic E-state index is 11.9. The van der Waals surface area contributed by atoms with Gasteiger partial charge in [-0.1, -0.05) is 0 Å². The molecule has 2 heterocycles. The van der Waals surface area contributed by atoms with Gasteiger partial charge >= 0.3 is 0 Å². The van der Waals surface area contributed by atoms with Crippen molar-refractivity contribution in [1.82, 2.24) is 25.5 Å². The first-order valence-corrected chi connectivity index (χ1v) is 6.47. The van der Waals surface area contributed by atoms with E-state index in [2.05, 4.69) is 30.8 Å². The molecule has 0 saturated heterocycles. The zero-order valence-corrected chi connectivity index (χ0v) is 11.6. The van der Waals surface area contributed by atoms with E-state index in [1.807, 2.05) is 13.1 Å². The number of carbonyl (C=O) groups excluding carboxylic acids is 1. The molecular weight excluding hydrogens is 256 g/mol. The van der Waals surface area contributed by atoms with Crippen LogP contribution in [0.3, 0.4) is 0 Å². The molecule has 2 aromatic rings. The molecule has 0 spiro atoms. The lowest BCUT2D eigenvalue weighted by molar-refractivity contribution is 0.0948. The highest BCUT2D eigenvalue weighted by Gasteiger charge is 2.08. The lowest BCUT2D eigenvalue weighted by Gasteiger charge is -2.05. The van der Waals surface area contributed by atoms with Crippen LogP contribution in [0.1, 0.15) is 28.2 Å². The zero-order valence-electron chi connectivity index (χ0n) is 11.6. The number of nitrogens with zero attached hydrogens (tertiary/aromatic N) is 3. The van der Waals surface area contributed by atoms with E-state index in [0.29, 0.717) is 18.1 Å². The number of anilines is 1. The van der Waals surface area contributed by atoms with Crippen LogP contribution < -0.4 is 10.6 Å². The maximum Gasteiger partial charge on any atom is 0.271 e. The first-order valence-electron chi connectivity index (χ1n) is 6.47. The Morgan fingerprint density at radius 1 is 1.35 bits per heavy atom. The van der Waals surface area contributed by atoms with E-state index < -0.39 is 0 Å². The summed E-state index contributed by atoms with van der Waals surface area (Å²) in [5, 5.41) is 12.5.